The number of halogens is 1. The third-order valence-electron chi connectivity index (χ3n) is 5.81. The Morgan fingerprint density at radius 1 is 1.10 bits per heavy atom. The summed E-state index contributed by atoms with van der Waals surface area (Å²) >= 11 is 6.41. The molecule has 0 bridgehead atoms. The number of piperidine rings is 1. The lowest BCUT2D eigenvalue weighted by Gasteiger charge is -2.39. The Morgan fingerprint density at radius 3 is 2.62 bits per heavy atom. The molecule has 0 spiro atoms. The molecule has 2 aromatic carbocycles. The van der Waals surface area contributed by atoms with Crippen LogP contribution in [0.4, 0.5) is 5.69 Å². The number of ether oxygens (including phenoxy) is 2. The van der Waals surface area contributed by atoms with Crippen molar-refractivity contribution in [3.05, 3.63) is 47.0 Å². The molecule has 29 heavy (non-hydrogen) atoms. The van der Waals surface area contributed by atoms with E-state index in [-0.39, 0.29) is 18.9 Å². The molecule has 0 aliphatic carbocycles. The summed E-state index contributed by atoms with van der Waals surface area (Å²) in [6.45, 7) is 2.71. The fraction of sp³-hybridized carbons (Fsp3) is 0.400. The van der Waals surface area contributed by atoms with Gasteiger partial charge in [-0.05, 0) is 55.6 Å². The van der Waals surface area contributed by atoms with E-state index in [9.17, 15) is 8.42 Å². The first kappa shape index (κ1) is 19.0. The van der Waals surface area contributed by atoms with Gasteiger partial charge in [0.25, 0.3) is 0 Å². The summed E-state index contributed by atoms with van der Waals surface area (Å²) in [5.41, 5.74) is 1.69. The predicted octanol–water partition coefficient (Wildman–Crippen LogP) is 3.01. The van der Waals surface area contributed by atoms with E-state index in [4.69, 9.17) is 21.1 Å². The first-order valence-electron chi connectivity index (χ1n) is 9.68. The Kier molecular flexibility index (Phi) is 4.82. The molecule has 7 nitrogen and oxygen atoms in total. The Labute approximate surface area is 175 Å². The van der Waals surface area contributed by atoms with Gasteiger partial charge in [-0.2, -0.15) is 4.72 Å². The average molecular weight is 436 g/mol. The number of benzene rings is 2. The van der Waals surface area contributed by atoms with Gasteiger partial charge < -0.3 is 14.8 Å². The maximum absolute atomic E-state index is 12.6. The zero-order valence-electron chi connectivity index (χ0n) is 15.7. The maximum Gasteiger partial charge on any atom is 0.244 e. The average Bonchev–Trinajstić information content (AvgIpc) is 3.15. The molecule has 1 saturated heterocycles. The smallest absolute Gasteiger partial charge is 0.244 e. The van der Waals surface area contributed by atoms with Gasteiger partial charge in [0.05, 0.1) is 11.9 Å². The van der Waals surface area contributed by atoms with E-state index in [1.54, 1.807) is 12.1 Å². The van der Waals surface area contributed by atoms with Gasteiger partial charge in [-0.1, -0.05) is 23.7 Å². The Morgan fingerprint density at radius 2 is 1.83 bits per heavy atom. The first-order valence-corrected chi connectivity index (χ1v) is 11.5. The van der Waals surface area contributed by atoms with Gasteiger partial charge in [0.1, 0.15) is 4.90 Å². The second-order valence-electron chi connectivity index (χ2n) is 7.65. The first-order chi connectivity index (χ1) is 14.0. The molecule has 9 heteroatoms. The van der Waals surface area contributed by atoms with Crippen molar-refractivity contribution in [1.82, 2.24) is 9.62 Å². The molecule has 2 N–H and O–H groups in total. The third kappa shape index (κ3) is 3.66. The molecule has 0 aromatic heterocycles. The van der Waals surface area contributed by atoms with Gasteiger partial charge >= 0.3 is 0 Å². The molecule has 154 valence electrons. The van der Waals surface area contributed by atoms with Crippen molar-refractivity contribution in [2.24, 2.45) is 5.92 Å². The van der Waals surface area contributed by atoms with Gasteiger partial charge in [-0.15, -0.1) is 0 Å². The van der Waals surface area contributed by atoms with Crippen molar-refractivity contribution in [3.63, 3.8) is 0 Å². The number of rotatable bonds is 3. The highest BCUT2D eigenvalue weighted by Gasteiger charge is 2.35. The van der Waals surface area contributed by atoms with E-state index >= 15 is 0 Å². The van der Waals surface area contributed by atoms with Crippen molar-refractivity contribution in [1.29, 1.82) is 0 Å². The Hall–Kier alpha value is -2.00. The summed E-state index contributed by atoms with van der Waals surface area (Å²) in [6, 6.07) is 10.8. The van der Waals surface area contributed by atoms with E-state index < -0.39 is 10.0 Å². The lowest BCUT2D eigenvalue weighted by atomic mass is 9.93. The van der Waals surface area contributed by atoms with Gasteiger partial charge in [0, 0.05) is 17.6 Å². The number of hydrogen-bond donors (Lipinski definition) is 2. The van der Waals surface area contributed by atoms with Crippen LogP contribution in [0.5, 0.6) is 11.5 Å². The molecule has 3 aliphatic heterocycles. The zero-order valence-corrected chi connectivity index (χ0v) is 17.3. The molecule has 1 atom stereocenters. The number of hydrogen-bond acceptors (Lipinski definition) is 6. The molecule has 3 aliphatic rings. The number of para-hydroxylation sites is 1. The quantitative estimate of drug-likeness (QED) is 0.771. The molecule has 1 unspecified atom stereocenters. The molecular formula is C20H22ClN3O4S. The molecule has 5 rings (SSSR count). The third-order valence-corrected chi connectivity index (χ3v) is 7.66. The molecule has 0 saturated carbocycles. The van der Waals surface area contributed by atoms with E-state index in [2.05, 4.69) is 14.9 Å². The van der Waals surface area contributed by atoms with Crippen molar-refractivity contribution in [2.75, 3.05) is 25.2 Å². The fourth-order valence-electron chi connectivity index (χ4n) is 4.23. The van der Waals surface area contributed by atoms with Crippen molar-refractivity contribution < 1.29 is 17.9 Å². The van der Waals surface area contributed by atoms with E-state index in [0.29, 0.717) is 21.4 Å². The number of fused-ring (bicyclic) bond motifs is 2. The van der Waals surface area contributed by atoms with Gasteiger partial charge in [0.2, 0.25) is 16.8 Å². The topological polar surface area (TPSA) is 79.9 Å². The minimum Gasteiger partial charge on any atom is -0.454 e. The van der Waals surface area contributed by atoms with E-state index in [1.807, 2.05) is 24.3 Å². The molecule has 2 aromatic rings. The van der Waals surface area contributed by atoms with E-state index in [1.165, 1.54) is 0 Å². The van der Waals surface area contributed by atoms with Crippen LogP contribution >= 0.6 is 11.6 Å². The summed E-state index contributed by atoms with van der Waals surface area (Å²) in [7, 11) is -3.48. The van der Waals surface area contributed by atoms with Crippen molar-refractivity contribution in [2.45, 2.75) is 30.4 Å². The van der Waals surface area contributed by atoms with Crippen LogP contribution in [-0.4, -0.2) is 39.4 Å². The summed E-state index contributed by atoms with van der Waals surface area (Å²) in [4.78, 5) is 2.65. The summed E-state index contributed by atoms with van der Waals surface area (Å²) in [5, 5.41) is 4.04. The van der Waals surface area contributed by atoms with Crippen LogP contribution in [0.3, 0.4) is 0 Å². The van der Waals surface area contributed by atoms with Gasteiger partial charge in [-0.3, -0.25) is 4.90 Å². The van der Waals surface area contributed by atoms with Crippen LogP contribution in [0, 0.1) is 5.92 Å². The SMILES string of the molecule is O=S1(=O)NC(C2CCN(Cc3cc4c(cc3Cl)OCO4)CC2)Nc2ccccc21. The van der Waals surface area contributed by atoms with Crippen LogP contribution in [-0.2, 0) is 16.6 Å². The summed E-state index contributed by atoms with van der Waals surface area (Å²) < 4.78 is 38.8. The van der Waals surface area contributed by atoms with Crippen LogP contribution in [0.15, 0.2) is 41.3 Å². The van der Waals surface area contributed by atoms with Crippen molar-refractivity contribution in [3.8, 4) is 11.5 Å². The van der Waals surface area contributed by atoms with Crippen LogP contribution in [0.1, 0.15) is 18.4 Å². The largest absolute Gasteiger partial charge is 0.454 e. The minimum atomic E-state index is -3.48. The molecule has 3 heterocycles. The van der Waals surface area contributed by atoms with Crippen LogP contribution in [0.25, 0.3) is 0 Å². The maximum atomic E-state index is 12.6. The Balaban J connectivity index is 1.24. The number of nitrogens with one attached hydrogen (secondary N) is 2. The lowest BCUT2D eigenvalue weighted by molar-refractivity contribution is 0.163. The molecule has 0 radical (unpaired) electrons. The minimum absolute atomic E-state index is 0.224. The second-order valence-corrected chi connectivity index (χ2v) is 9.74. The van der Waals surface area contributed by atoms with Gasteiger partial charge in [-0.25, -0.2) is 8.42 Å². The monoisotopic (exact) mass is 435 g/mol. The highest BCUT2D eigenvalue weighted by Crippen LogP contribution is 2.38. The number of anilines is 1. The number of sulfonamides is 1. The highest BCUT2D eigenvalue weighted by molar-refractivity contribution is 7.89. The van der Waals surface area contributed by atoms with Crippen LogP contribution in [0.2, 0.25) is 5.02 Å². The van der Waals surface area contributed by atoms with Crippen LogP contribution < -0.4 is 19.5 Å². The molecular weight excluding hydrogens is 414 g/mol. The number of likely N-dealkylation sites (tertiary alicyclic amines) is 1. The lowest BCUT2D eigenvalue weighted by Crippen LogP contribution is -2.51. The van der Waals surface area contributed by atoms with Crippen molar-refractivity contribution >= 4 is 27.3 Å². The zero-order chi connectivity index (χ0) is 20.0. The highest BCUT2D eigenvalue weighted by atomic mass is 35.5. The van der Waals surface area contributed by atoms with E-state index in [0.717, 1.165) is 43.8 Å². The fourth-order valence-corrected chi connectivity index (χ4v) is 5.83. The number of nitrogens with zero attached hydrogens (tertiary/aromatic N) is 1. The van der Waals surface area contributed by atoms with Gasteiger partial charge in [0.15, 0.2) is 11.5 Å². The summed E-state index contributed by atoms with van der Waals surface area (Å²) in [5.74, 6) is 1.65. The Bertz CT molecular complexity index is 1040. The molecule has 0 amide bonds. The standard InChI is InChI=1S/C20H22ClN3O4S/c21-15-10-18-17(27-12-28-18)9-14(15)11-24-7-5-13(6-8-24)20-22-16-3-1-2-4-19(16)29(25,26)23-20/h1-4,9-10,13,20,22-23H,5-8,11-12H2. The normalized spacial score (nSPS) is 23.4. The summed E-state index contributed by atoms with van der Waals surface area (Å²) in [6.07, 6.45) is 1.50. The molecule has 1 fully saturated rings. The second kappa shape index (κ2) is 7.36. The predicted molar refractivity (Wildman–Crippen MR) is 110 cm³/mol.